The zero-order valence-corrected chi connectivity index (χ0v) is 20.3. The van der Waals surface area contributed by atoms with Crippen molar-refractivity contribution in [2.24, 2.45) is 0 Å². The minimum Gasteiger partial charge on any atom is -0.496 e. The highest BCUT2D eigenvalue weighted by molar-refractivity contribution is 7.99. The van der Waals surface area contributed by atoms with E-state index >= 15 is 0 Å². The van der Waals surface area contributed by atoms with E-state index in [0.717, 1.165) is 17.0 Å². The highest BCUT2D eigenvalue weighted by Crippen LogP contribution is 2.23. The van der Waals surface area contributed by atoms with Gasteiger partial charge in [0.25, 0.3) is 5.56 Å². The van der Waals surface area contributed by atoms with Gasteiger partial charge in [0.1, 0.15) is 5.75 Å². The number of carbonyl (C=O) groups is 1. The fourth-order valence-corrected chi connectivity index (χ4v) is 4.51. The summed E-state index contributed by atoms with van der Waals surface area (Å²) >= 11 is 1.24. The predicted molar refractivity (Wildman–Crippen MR) is 137 cm³/mol. The second kappa shape index (κ2) is 10.6. The molecule has 1 aromatic heterocycles. The number of nitrogens with zero attached hydrogens (tertiary/aromatic N) is 2. The Morgan fingerprint density at radius 3 is 2.47 bits per heavy atom. The van der Waals surface area contributed by atoms with E-state index in [1.54, 1.807) is 17.7 Å². The maximum Gasteiger partial charge on any atom is 0.266 e. The van der Waals surface area contributed by atoms with Crippen LogP contribution in [0.4, 0.5) is 0 Å². The van der Waals surface area contributed by atoms with E-state index in [0.29, 0.717) is 28.5 Å². The Bertz CT molecular complexity index is 1360. The van der Waals surface area contributed by atoms with Crippen molar-refractivity contribution in [3.05, 3.63) is 94.3 Å². The van der Waals surface area contributed by atoms with Gasteiger partial charge in [-0.2, -0.15) is 0 Å². The number of aromatic nitrogens is 2. The first-order chi connectivity index (χ1) is 16.5. The Kier molecular flexibility index (Phi) is 7.33. The number of nitrogens with one attached hydrogen (secondary N) is 1. The summed E-state index contributed by atoms with van der Waals surface area (Å²) in [5.41, 5.74) is 3.27. The second-order valence-corrected chi connectivity index (χ2v) is 9.12. The van der Waals surface area contributed by atoms with Crippen LogP contribution in [0, 0.1) is 0 Å². The molecule has 0 bridgehead atoms. The summed E-state index contributed by atoms with van der Waals surface area (Å²) in [6, 6.07) is 22.7. The minimum absolute atomic E-state index is 0.129. The van der Waals surface area contributed by atoms with Crippen LogP contribution in [0.25, 0.3) is 16.6 Å². The lowest BCUT2D eigenvalue weighted by Crippen LogP contribution is -2.26. The van der Waals surface area contributed by atoms with Crippen LogP contribution < -0.4 is 15.6 Å². The van der Waals surface area contributed by atoms with Crippen molar-refractivity contribution >= 4 is 28.6 Å². The first kappa shape index (κ1) is 23.6. The van der Waals surface area contributed by atoms with Crippen molar-refractivity contribution in [1.29, 1.82) is 0 Å². The molecule has 0 saturated heterocycles. The summed E-state index contributed by atoms with van der Waals surface area (Å²) < 4.78 is 6.93. The summed E-state index contributed by atoms with van der Waals surface area (Å²) in [4.78, 5) is 30.7. The lowest BCUT2D eigenvalue weighted by molar-refractivity contribution is -0.118. The number of benzene rings is 3. The predicted octanol–water partition coefficient (Wildman–Crippen LogP) is 4.93. The first-order valence-electron chi connectivity index (χ1n) is 11.1. The standard InChI is InChI=1S/C27H27N3O3S/c1-18(2)19-12-14-21(15-13-19)30-26(32)22-9-5-6-10-23(22)29-27(30)34-17-25(31)28-16-20-8-4-7-11-24(20)33-3/h4-15,18H,16-17H2,1-3H3,(H,28,31). The molecule has 0 atom stereocenters. The fraction of sp³-hybridized carbons (Fsp3) is 0.222. The molecule has 0 aliphatic rings. The van der Waals surface area contributed by atoms with Gasteiger partial charge in [0, 0.05) is 12.1 Å². The molecule has 4 aromatic rings. The molecule has 1 N–H and O–H groups in total. The normalized spacial score (nSPS) is 11.1. The molecule has 0 spiro atoms. The van der Waals surface area contributed by atoms with Gasteiger partial charge in [-0.1, -0.05) is 68.1 Å². The quantitative estimate of drug-likeness (QED) is 0.290. The zero-order valence-electron chi connectivity index (χ0n) is 19.4. The summed E-state index contributed by atoms with van der Waals surface area (Å²) in [5.74, 6) is 1.09. The third kappa shape index (κ3) is 5.15. The molecular weight excluding hydrogens is 446 g/mol. The lowest BCUT2D eigenvalue weighted by atomic mass is 10.0. The van der Waals surface area contributed by atoms with Gasteiger partial charge in [-0.25, -0.2) is 4.98 Å². The summed E-state index contributed by atoms with van der Waals surface area (Å²) in [7, 11) is 1.61. The summed E-state index contributed by atoms with van der Waals surface area (Å²) in [5, 5.41) is 3.94. The van der Waals surface area contributed by atoms with Crippen LogP contribution in [-0.4, -0.2) is 28.3 Å². The molecule has 0 fully saturated rings. The zero-order chi connectivity index (χ0) is 24.1. The van der Waals surface area contributed by atoms with Crippen LogP contribution in [0.15, 0.2) is 82.7 Å². The Morgan fingerprint density at radius 2 is 1.74 bits per heavy atom. The van der Waals surface area contributed by atoms with E-state index in [1.807, 2.05) is 66.7 Å². The number of ether oxygens (including phenoxy) is 1. The number of hydrogen-bond donors (Lipinski definition) is 1. The molecule has 0 radical (unpaired) electrons. The second-order valence-electron chi connectivity index (χ2n) is 8.18. The maximum atomic E-state index is 13.4. The maximum absolute atomic E-state index is 13.4. The number of amides is 1. The van der Waals surface area contributed by atoms with E-state index in [1.165, 1.54) is 17.3 Å². The largest absolute Gasteiger partial charge is 0.496 e. The number of rotatable bonds is 8. The molecule has 4 rings (SSSR count). The van der Waals surface area contributed by atoms with Crippen molar-refractivity contribution < 1.29 is 9.53 Å². The number of fused-ring (bicyclic) bond motifs is 1. The van der Waals surface area contributed by atoms with E-state index in [2.05, 4.69) is 19.2 Å². The number of para-hydroxylation sites is 2. The smallest absolute Gasteiger partial charge is 0.266 e. The molecular formula is C27H27N3O3S. The van der Waals surface area contributed by atoms with E-state index in [-0.39, 0.29) is 17.2 Å². The van der Waals surface area contributed by atoms with Gasteiger partial charge < -0.3 is 10.1 Å². The summed E-state index contributed by atoms with van der Waals surface area (Å²) in [6.07, 6.45) is 0. The molecule has 7 heteroatoms. The molecule has 0 aliphatic heterocycles. The number of hydrogen-bond acceptors (Lipinski definition) is 5. The van der Waals surface area contributed by atoms with Gasteiger partial charge in [-0.05, 0) is 41.8 Å². The van der Waals surface area contributed by atoms with E-state index < -0.39 is 0 Å². The van der Waals surface area contributed by atoms with Crippen molar-refractivity contribution in [3.63, 3.8) is 0 Å². The number of carbonyl (C=O) groups excluding carboxylic acids is 1. The topological polar surface area (TPSA) is 73.2 Å². The van der Waals surface area contributed by atoms with Crippen molar-refractivity contribution in [2.45, 2.75) is 31.5 Å². The minimum atomic E-state index is -0.153. The van der Waals surface area contributed by atoms with Crippen LogP contribution in [0.1, 0.15) is 30.9 Å². The Balaban J connectivity index is 1.59. The van der Waals surface area contributed by atoms with Crippen molar-refractivity contribution in [2.75, 3.05) is 12.9 Å². The molecule has 6 nitrogen and oxygen atoms in total. The Hall–Kier alpha value is -3.58. The third-order valence-electron chi connectivity index (χ3n) is 5.56. The monoisotopic (exact) mass is 473 g/mol. The molecule has 0 aliphatic carbocycles. The van der Waals surface area contributed by atoms with Crippen LogP contribution in [0.2, 0.25) is 0 Å². The molecule has 34 heavy (non-hydrogen) atoms. The average molecular weight is 474 g/mol. The van der Waals surface area contributed by atoms with Crippen LogP contribution in [0.3, 0.4) is 0 Å². The lowest BCUT2D eigenvalue weighted by Gasteiger charge is -2.14. The number of thioether (sulfide) groups is 1. The molecule has 0 unspecified atom stereocenters. The van der Waals surface area contributed by atoms with Gasteiger partial charge in [-0.15, -0.1) is 0 Å². The van der Waals surface area contributed by atoms with E-state index in [9.17, 15) is 9.59 Å². The SMILES string of the molecule is COc1ccccc1CNC(=O)CSc1nc2ccccc2c(=O)n1-c1ccc(C(C)C)cc1. The van der Waals surface area contributed by atoms with Crippen LogP contribution in [-0.2, 0) is 11.3 Å². The molecule has 0 saturated carbocycles. The van der Waals surface area contributed by atoms with Crippen molar-refractivity contribution in [3.8, 4) is 11.4 Å². The van der Waals surface area contributed by atoms with Gasteiger partial charge in [0.2, 0.25) is 5.91 Å². The van der Waals surface area contributed by atoms with Gasteiger partial charge in [-0.3, -0.25) is 14.2 Å². The van der Waals surface area contributed by atoms with Crippen LogP contribution >= 0.6 is 11.8 Å². The van der Waals surface area contributed by atoms with E-state index in [4.69, 9.17) is 9.72 Å². The Morgan fingerprint density at radius 1 is 1.03 bits per heavy atom. The molecule has 1 amide bonds. The van der Waals surface area contributed by atoms with Gasteiger partial charge in [0.05, 0.1) is 29.5 Å². The highest BCUT2D eigenvalue weighted by Gasteiger charge is 2.15. The van der Waals surface area contributed by atoms with Gasteiger partial charge in [0.15, 0.2) is 5.16 Å². The third-order valence-corrected chi connectivity index (χ3v) is 6.50. The average Bonchev–Trinajstić information content (AvgIpc) is 2.86. The number of methoxy groups -OCH3 is 1. The van der Waals surface area contributed by atoms with Crippen LogP contribution in [0.5, 0.6) is 5.75 Å². The molecule has 3 aromatic carbocycles. The fourth-order valence-electron chi connectivity index (χ4n) is 3.67. The molecule has 174 valence electrons. The molecule has 1 heterocycles. The Labute approximate surface area is 203 Å². The highest BCUT2D eigenvalue weighted by atomic mass is 32.2. The summed E-state index contributed by atoms with van der Waals surface area (Å²) in [6.45, 7) is 4.62. The first-order valence-corrected chi connectivity index (χ1v) is 12.1. The van der Waals surface area contributed by atoms with Crippen molar-refractivity contribution in [1.82, 2.24) is 14.9 Å². The van der Waals surface area contributed by atoms with Gasteiger partial charge >= 0.3 is 0 Å².